The Morgan fingerprint density at radius 1 is 1.16 bits per heavy atom. The van der Waals surface area contributed by atoms with Crippen molar-refractivity contribution in [3.63, 3.8) is 0 Å². The van der Waals surface area contributed by atoms with Gasteiger partial charge in [-0.2, -0.15) is 0 Å². The molecule has 0 bridgehead atoms. The third-order valence-corrected chi connectivity index (χ3v) is 4.87. The van der Waals surface area contributed by atoms with Gasteiger partial charge in [-0.25, -0.2) is 8.42 Å². The molecule has 0 aliphatic heterocycles. The van der Waals surface area contributed by atoms with Gasteiger partial charge < -0.3 is 15.4 Å². The van der Waals surface area contributed by atoms with Crippen LogP contribution in [0, 0.1) is 0 Å². The molecule has 0 atom stereocenters. The number of carbonyl (C=O) groups excluding carboxylic acids is 1. The number of hydrogen-bond donors (Lipinski definition) is 2. The molecule has 0 heterocycles. The molecule has 0 saturated heterocycles. The predicted octanol–water partition coefficient (Wildman–Crippen LogP) is 3.30. The molecule has 0 aliphatic carbocycles. The van der Waals surface area contributed by atoms with E-state index in [0.717, 1.165) is 6.26 Å². The second-order valence-electron chi connectivity index (χ2n) is 5.24. The number of ether oxygens (including phenoxy) is 1. The van der Waals surface area contributed by atoms with E-state index in [4.69, 9.17) is 4.74 Å². The van der Waals surface area contributed by atoms with Crippen LogP contribution in [-0.2, 0) is 14.6 Å². The van der Waals surface area contributed by atoms with E-state index in [0.29, 0.717) is 28.2 Å². The van der Waals surface area contributed by atoms with Gasteiger partial charge in [0.05, 0.1) is 29.4 Å². The molecule has 2 aromatic rings. The molecule has 0 unspecified atom stereocenters. The smallest absolute Gasteiger partial charge is 0.243 e. The first-order chi connectivity index (χ1) is 11.8. The van der Waals surface area contributed by atoms with Crippen molar-refractivity contribution in [2.24, 2.45) is 0 Å². The Balaban J connectivity index is 2.09. The molecule has 1 amide bonds. The normalized spacial score (nSPS) is 11.0. The zero-order chi connectivity index (χ0) is 18.4. The number of nitrogens with one attached hydrogen (secondary N) is 2. The molecule has 0 fully saturated rings. The zero-order valence-corrected chi connectivity index (χ0v) is 16.3. The number of sulfone groups is 1. The minimum atomic E-state index is -3.42. The van der Waals surface area contributed by atoms with Crippen LogP contribution in [0.1, 0.15) is 6.92 Å². The van der Waals surface area contributed by atoms with E-state index in [-0.39, 0.29) is 17.3 Å². The molecule has 0 spiro atoms. The van der Waals surface area contributed by atoms with Gasteiger partial charge in [-0.05, 0) is 37.3 Å². The number of halogens is 1. The van der Waals surface area contributed by atoms with E-state index in [2.05, 4.69) is 26.6 Å². The molecule has 0 saturated carbocycles. The summed E-state index contributed by atoms with van der Waals surface area (Å²) < 4.78 is 29.9. The summed E-state index contributed by atoms with van der Waals surface area (Å²) in [6.07, 6.45) is 1.12. The summed E-state index contributed by atoms with van der Waals surface area (Å²) in [5, 5.41) is 5.62. The summed E-state index contributed by atoms with van der Waals surface area (Å²) >= 11 is 3.25. The highest BCUT2D eigenvalue weighted by Crippen LogP contribution is 2.26. The van der Waals surface area contributed by atoms with Crippen LogP contribution in [0.15, 0.2) is 51.8 Å². The average Bonchev–Trinajstić information content (AvgIpc) is 2.55. The molecule has 0 aliphatic rings. The topological polar surface area (TPSA) is 84.5 Å². The van der Waals surface area contributed by atoms with Crippen LogP contribution in [0.5, 0.6) is 5.75 Å². The fourth-order valence-electron chi connectivity index (χ4n) is 2.17. The minimum absolute atomic E-state index is 0.0788. The predicted molar refractivity (Wildman–Crippen MR) is 102 cm³/mol. The van der Waals surface area contributed by atoms with Crippen LogP contribution in [0.25, 0.3) is 0 Å². The Labute approximate surface area is 155 Å². The first-order valence-corrected chi connectivity index (χ1v) is 10.2. The van der Waals surface area contributed by atoms with Crippen LogP contribution >= 0.6 is 15.9 Å². The van der Waals surface area contributed by atoms with Crippen LogP contribution in [-0.4, -0.2) is 33.7 Å². The van der Waals surface area contributed by atoms with Gasteiger partial charge in [0.25, 0.3) is 0 Å². The molecule has 2 rings (SSSR count). The Bertz CT molecular complexity index is 869. The van der Waals surface area contributed by atoms with Crippen LogP contribution < -0.4 is 15.4 Å². The second-order valence-corrected chi connectivity index (χ2v) is 8.14. The third-order valence-electron chi connectivity index (χ3n) is 3.24. The van der Waals surface area contributed by atoms with Crippen LogP contribution in [0.4, 0.5) is 11.4 Å². The van der Waals surface area contributed by atoms with Gasteiger partial charge in [0.2, 0.25) is 5.91 Å². The first-order valence-electron chi connectivity index (χ1n) is 7.56. The fourth-order valence-corrected chi connectivity index (χ4v) is 3.56. The Kier molecular flexibility index (Phi) is 6.44. The number of benzene rings is 2. The number of carbonyl (C=O) groups is 1. The molecule has 0 radical (unpaired) electrons. The number of anilines is 2. The van der Waals surface area contributed by atoms with Crippen molar-refractivity contribution >= 4 is 43.0 Å². The average molecular weight is 427 g/mol. The maximum atomic E-state index is 12.2. The van der Waals surface area contributed by atoms with Crippen LogP contribution in [0.3, 0.4) is 0 Å². The highest BCUT2D eigenvalue weighted by Gasteiger charge is 2.15. The summed E-state index contributed by atoms with van der Waals surface area (Å²) in [7, 11) is -3.42. The molecular formula is C17H19BrN2O4S. The Morgan fingerprint density at radius 3 is 2.56 bits per heavy atom. The third kappa shape index (κ3) is 5.47. The molecule has 25 heavy (non-hydrogen) atoms. The Morgan fingerprint density at radius 2 is 1.88 bits per heavy atom. The summed E-state index contributed by atoms with van der Waals surface area (Å²) in [6.45, 7) is 2.27. The lowest BCUT2D eigenvalue weighted by atomic mass is 10.3. The van der Waals surface area contributed by atoms with E-state index < -0.39 is 9.84 Å². The lowest BCUT2D eigenvalue weighted by Gasteiger charge is -2.13. The maximum absolute atomic E-state index is 12.2. The van der Waals surface area contributed by atoms with Crippen molar-refractivity contribution in [3.05, 3.63) is 46.9 Å². The Hall–Kier alpha value is -2.06. The zero-order valence-electron chi connectivity index (χ0n) is 13.9. The van der Waals surface area contributed by atoms with Gasteiger partial charge in [-0.3, -0.25) is 4.79 Å². The van der Waals surface area contributed by atoms with Gasteiger partial charge in [0.1, 0.15) is 5.75 Å². The van der Waals surface area contributed by atoms with Gasteiger partial charge in [0, 0.05) is 10.7 Å². The summed E-state index contributed by atoms with van der Waals surface area (Å²) in [5.41, 5.74) is 0.939. The van der Waals surface area contributed by atoms with Gasteiger partial charge in [-0.15, -0.1) is 0 Å². The minimum Gasteiger partial charge on any atom is -0.492 e. The molecule has 0 aromatic heterocycles. The summed E-state index contributed by atoms with van der Waals surface area (Å²) in [5.74, 6) is 0.272. The number of hydrogen-bond acceptors (Lipinski definition) is 5. The molecule has 6 nitrogen and oxygen atoms in total. The van der Waals surface area contributed by atoms with Crippen molar-refractivity contribution in [3.8, 4) is 5.75 Å². The van der Waals surface area contributed by atoms with E-state index in [9.17, 15) is 13.2 Å². The summed E-state index contributed by atoms with van der Waals surface area (Å²) in [6, 6.07) is 11.9. The first kappa shape index (κ1) is 19.3. The van der Waals surface area contributed by atoms with Crippen LogP contribution in [0.2, 0.25) is 0 Å². The molecule has 2 N–H and O–H groups in total. The lowest BCUT2D eigenvalue weighted by Crippen LogP contribution is -2.22. The van der Waals surface area contributed by atoms with Crippen molar-refractivity contribution in [1.82, 2.24) is 0 Å². The number of rotatable bonds is 7. The molecule has 2 aromatic carbocycles. The largest absolute Gasteiger partial charge is 0.492 e. The SMILES string of the molecule is CCOc1ccccc1NC(=O)CNc1ccc(Br)cc1S(C)(=O)=O. The molecule has 134 valence electrons. The van der Waals surface area contributed by atoms with E-state index in [1.54, 1.807) is 30.3 Å². The second kappa shape index (κ2) is 8.35. The van der Waals surface area contributed by atoms with Crippen molar-refractivity contribution < 1.29 is 17.9 Å². The molecular weight excluding hydrogens is 408 g/mol. The van der Waals surface area contributed by atoms with Gasteiger partial charge in [-0.1, -0.05) is 28.1 Å². The standard InChI is InChI=1S/C17H19BrN2O4S/c1-3-24-15-7-5-4-6-13(15)20-17(21)11-19-14-9-8-12(18)10-16(14)25(2,22)23/h4-10,19H,3,11H2,1-2H3,(H,20,21). The number of para-hydroxylation sites is 2. The van der Waals surface area contributed by atoms with Crippen molar-refractivity contribution in [2.75, 3.05) is 30.0 Å². The summed E-state index contributed by atoms with van der Waals surface area (Å²) in [4.78, 5) is 12.3. The van der Waals surface area contributed by atoms with E-state index in [1.165, 1.54) is 6.07 Å². The van der Waals surface area contributed by atoms with E-state index in [1.807, 2.05) is 13.0 Å². The van der Waals surface area contributed by atoms with E-state index >= 15 is 0 Å². The van der Waals surface area contributed by atoms with Gasteiger partial charge >= 0.3 is 0 Å². The quantitative estimate of drug-likeness (QED) is 0.709. The van der Waals surface area contributed by atoms with Crippen molar-refractivity contribution in [2.45, 2.75) is 11.8 Å². The lowest BCUT2D eigenvalue weighted by molar-refractivity contribution is -0.114. The molecule has 8 heteroatoms. The monoisotopic (exact) mass is 426 g/mol. The van der Waals surface area contributed by atoms with Gasteiger partial charge in [0.15, 0.2) is 9.84 Å². The van der Waals surface area contributed by atoms with Crippen molar-refractivity contribution in [1.29, 1.82) is 0 Å². The number of amides is 1. The fraction of sp³-hybridized carbons (Fsp3) is 0.235. The highest BCUT2D eigenvalue weighted by molar-refractivity contribution is 9.10. The maximum Gasteiger partial charge on any atom is 0.243 e. The highest BCUT2D eigenvalue weighted by atomic mass is 79.9.